The van der Waals surface area contributed by atoms with E-state index in [1.54, 1.807) is 12.1 Å². The number of aromatic nitrogens is 4. The van der Waals surface area contributed by atoms with Gasteiger partial charge in [-0.2, -0.15) is 0 Å². The summed E-state index contributed by atoms with van der Waals surface area (Å²) in [6.07, 6.45) is -1.37. The molecule has 3 aromatic rings. The van der Waals surface area contributed by atoms with Crippen molar-refractivity contribution in [3.63, 3.8) is 0 Å². The van der Waals surface area contributed by atoms with Crippen molar-refractivity contribution in [3.8, 4) is 0 Å². The Bertz CT molecular complexity index is 1110. The molecule has 0 radical (unpaired) electrons. The monoisotopic (exact) mass is 465 g/mol. The van der Waals surface area contributed by atoms with E-state index >= 15 is 0 Å². The molecule has 6 atom stereocenters. The minimum Gasteiger partial charge on any atom is -0.387 e. The molecule has 2 saturated heterocycles. The Morgan fingerprint density at radius 1 is 1.25 bits per heavy atom. The smallest absolute Gasteiger partial charge is 0.333 e. The van der Waals surface area contributed by atoms with Crippen molar-refractivity contribution in [2.75, 3.05) is 18.9 Å². The molecule has 32 heavy (non-hydrogen) atoms. The zero-order valence-corrected chi connectivity index (χ0v) is 17.6. The first kappa shape index (κ1) is 21.5. The van der Waals surface area contributed by atoms with E-state index in [4.69, 9.17) is 24.0 Å². The molecule has 2 aliphatic heterocycles. The summed E-state index contributed by atoms with van der Waals surface area (Å²) in [4.78, 5) is 12.2. The lowest BCUT2D eigenvalue weighted by Crippen LogP contribution is -2.33. The lowest BCUT2D eigenvalue weighted by Gasteiger charge is -2.29. The highest BCUT2D eigenvalue weighted by Gasteiger charge is 2.45. The number of nitrogen functional groups attached to an aromatic ring is 1. The molecule has 0 aliphatic carbocycles. The maximum absolute atomic E-state index is 13.5. The van der Waals surface area contributed by atoms with Gasteiger partial charge < -0.3 is 34.3 Å². The number of nitrogens with two attached hydrogens (primary N) is 1. The van der Waals surface area contributed by atoms with Gasteiger partial charge in [-0.3, -0.25) is 4.57 Å². The SMILES string of the molecule is Nc1ncnc2c1ncn2[C@@H]1O[C@H](COP2OCCC(c3cccc(F)c3)O2)[C@@H](O)[C@H]1O. The molecule has 0 amide bonds. The van der Waals surface area contributed by atoms with Gasteiger partial charge in [0.2, 0.25) is 0 Å². The fourth-order valence-electron chi connectivity index (χ4n) is 3.71. The van der Waals surface area contributed by atoms with Crippen LogP contribution in [0.1, 0.15) is 24.3 Å². The molecule has 2 unspecified atom stereocenters. The number of aliphatic hydroxyl groups is 2. The quantitative estimate of drug-likeness (QED) is 0.475. The highest BCUT2D eigenvalue weighted by atomic mass is 31.2. The number of halogens is 1. The van der Waals surface area contributed by atoms with Crippen LogP contribution in [0.25, 0.3) is 11.2 Å². The van der Waals surface area contributed by atoms with Gasteiger partial charge >= 0.3 is 8.60 Å². The van der Waals surface area contributed by atoms with Crippen LogP contribution in [-0.4, -0.2) is 61.3 Å². The van der Waals surface area contributed by atoms with Gasteiger partial charge in [0.1, 0.15) is 36.0 Å². The predicted molar refractivity (Wildman–Crippen MR) is 109 cm³/mol. The third-order valence-electron chi connectivity index (χ3n) is 5.35. The average molecular weight is 465 g/mol. The summed E-state index contributed by atoms with van der Waals surface area (Å²) in [7, 11) is -1.74. The van der Waals surface area contributed by atoms with E-state index in [0.29, 0.717) is 29.8 Å². The van der Waals surface area contributed by atoms with Crippen molar-refractivity contribution in [2.45, 2.75) is 37.1 Å². The Morgan fingerprint density at radius 3 is 2.97 bits per heavy atom. The maximum Gasteiger partial charge on any atom is 0.333 e. The van der Waals surface area contributed by atoms with E-state index in [9.17, 15) is 14.6 Å². The van der Waals surface area contributed by atoms with Crippen molar-refractivity contribution in [2.24, 2.45) is 0 Å². The van der Waals surface area contributed by atoms with Crippen LogP contribution in [0.3, 0.4) is 0 Å². The van der Waals surface area contributed by atoms with Crippen LogP contribution in [0.5, 0.6) is 0 Å². The minimum absolute atomic E-state index is 0.0833. The molecule has 2 fully saturated rings. The number of benzene rings is 1. The number of hydrogen-bond acceptors (Lipinski definition) is 10. The van der Waals surface area contributed by atoms with Crippen molar-refractivity contribution in [1.82, 2.24) is 19.5 Å². The summed E-state index contributed by atoms with van der Waals surface area (Å²) >= 11 is 0. The van der Waals surface area contributed by atoms with Crippen LogP contribution in [0.15, 0.2) is 36.9 Å². The fraction of sp³-hybridized carbons (Fsp3) is 0.421. The van der Waals surface area contributed by atoms with Crippen LogP contribution in [0, 0.1) is 5.82 Å². The molecule has 0 spiro atoms. The largest absolute Gasteiger partial charge is 0.387 e. The van der Waals surface area contributed by atoms with Gasteiger partial charge in [-0.25, -0.2) is 19.3 Å². The summed E-state index contributed by atoms with van der Waals surface area (Å²) in [5, 5.41) is 21.0. The molecule has 2 aromatic heterocycles. The average Bonchev–Trinajstić information content (AvgIpc) is 3.35. The number of rotatable bonds is 5. The molecule has 0 saturated carbocycles. The molecule has 4 heterocycles. The predicted octanol–water partition coefficient (Wildman–Crippen LogP) is 1.59. The zero-order valence-electron chi connectivity index (χ0n) is 16.7. The fourth-order valence-corrected chi connectivity index (χ4v) is 4.86. The van der Waals surface area contributed by atoms with Gasteiger partial charge in [0.25, 0.3) is 0 Å². The lowest BCUT2D eigenvalue weighted by molar-refractivity contribution is -0.0529. The van der Waals surface area contributed by atoms with Gasteiger partial charge in [-0.1, -0.05) is 12.1 Å². The van der Waals surface area contributed by atoms with E-state index in [1.807, 2.05) is 0 Å². The van der Waals surface area contributed by atoms with E-state index < -0.39 is 33.1 Å². The molecule has 4 N–H and O–H groups in total. The van der Waals surface area contributed by atoms with Crippen LogP contribution in [-0.2, 0) is 18.3 Å². The van der Waals surface area contributed by atoms with Crippen LogP contribution in [0.4, 0.5) is 10.2 Å². The van der Waals surface area contributed by atoms with E-state index in [1.165, 1.54) is 29.4 Å². The second-order valence-corrected chi connectivity index (χ2v) is 8.59. The Morgan fingerprint density at radius 2 is 2.12 bits per heavy atom. The van der Waals surface area contributed by atoms with Gasteiger partial charge in [-0.05, 0) is 17.7 Å². The minimum atomic E-state index is -1.74. The summed E-state index contributed by atoms with van der Waals surface area (Å²) in [6, 6.07) is 6.19. The van der Waals surface area contributed by atoms with Crippen molar-refractivity contribution >= 4 is 25.6 Å². The Labute approximate surface area is 182 Å². The number of hydrogen-bond donors (Lipinski definition) is 3. The highest BCUT2D eigenvalue weighted by molar-refractivity contribution is 7.41. The topological polar surface area (TPSA) is 147 Å². The first-order valence-corrected chi connectivity index (χ1v) is 11.0. The molecule has 170 valence electrons. The van der Waals surface area contributed by atoms with Crippen LogP contribution >= 0.6 is 8.60 Å². The second kappa shape index (κ2) is 8.91. The first-order chi connectivity index (χ1) is 15.5. The zero-order chi connectivity index (χ0) is 22.2. The summed E-state index contributed by atoms with van der Waals surface area (Å²) in [5.41, 5.74) is 7.24. The number of imidazole rings is 1. The summed E-state index contributed by atoms with van der Waals surface area (Å²) < 4.78 is 37.9. The van der Waals surface area contributed by atoms with Crippen molar-refractivity contribution in [3.05, 3.63) is 48.3 Å². The number of fused-ring (bicyclic) bond motifs is 1. The third-order valence-corrected chi connectivity index (χ3v) is 6.53. The highest BCUT2D eigenvalue weighted by Crippen LogP contribution is 2.50. The molecular weight excluding hydrogens is 444 g/mol. The normalized spacial score (nSPS) is 30.7. The van der Waals surface area contributed by atoms with Crippen molar-refractivity contribution in [1.29, 1.82) is 0 Å². The molecule has 1 aromatic carbocycles. The first-order valence-electron chi connectivity index (χ1n) is 9.94. The number of ether oxygens (including phenoxy) is 1. The van der Waals surface area contributed by atoms with Gasteiger partial charge in [0.05, 0.1) is 25.6 Å². The van der Waals surface area contributed by atoms with E-state index in [-0.39, 0.29) is 24.3 Å². The molecule has 0 bridgehead atoms. The molecular formula is C19H21FN5O6P. The van der Waals surface area contributed by atoms with E-state index in [2.05, 4.69) is 15.0 Å². The Kier molecular flexibility index (Phi) is 5.99. The summed E-state index contributed by atoms with van der Waals surface area (Å²) in [5.74, 6) is -0.145. The third kappa shape index (κ3) is 4.06. The number of anilines is 1. The van der Waals surface area contributed by atoms with Crippen LogP contribution in [0.2, 0.25) is 0 Å². The Balaban J connectivity index is 1.24. The standard InChI is InChI=1S/C19H21FN5O6P/c20-11-3-1-2-10(6-11)12-4-5-28-32(31-12)29-7-13-15(26)16(27)19(30-13)25-9-24-14-17(21)22-8-23-18(14)25/h1-3,6,8-9,12-13,15-16,19,26-27H,4-5,7H2,(H2,21,22,23)/t12?,13-,15-,16-,19-,32?/m1/s1. The second-order valence-electron chi connectivity index (χ2n) is 7.42. The molecule has 5 rings (SSSR count). The number of aliphatic hydroxyl groups excluding tert-OH is 2. The van der Waals surface area contributed by atoms with Crippen LogP contribution < -0.4 is 5.73 Å². The van der Waals surface area contributed by atoms with Gasteiger partial charge in [-0.15, -0.1) is 0 Å². The molecule has 13 heteroatoms. The molecule has 11 nitrogen and oxygen atoms in total. The van der Waals surface area contributed by atoms with Gasteiger partial charge in [0, 0.05) is 6.42 Å². The van der Waals surface area contributed by atoms with Gasteiger partial charge in [0.15, 0.2) is 17.7 Å². The maximum atomic E-state index is 13.5. The molecule has 2 aliphatic rings. The Hall–Kier alpha value is -2.31. The van der Waals surface area contributed by atoms with E-state index in [0.717, 1.165) is 0 Å². The lowest BCUT2D eigenvalue weighted by atomic mass is 10.1. The number of nitrogens with zero attached hydrogens (tertiary/aromatic N) is 4. The summed E-state index contributed by atoms with van der Waals surface area (Å²) in [6.45, 7) is 0.300. The van der Waals surface area contributed by atoms with Crippen molar-refractivity contribution < 1.29 is 32.9 Å².